The predicted molar refractivity (Wildman–Crippen MR) is 104 cm³/mol. The molecule has 0 bridgehead atoms. The number of carbonyl (C=O) groups excluding carboxylic acids is 1. The number of non-ortho nitro benzene ring substituents is 1. The summed E-state index contributed by atoms with van der Waals surface area (Å²) in [7, 11) is 0. The quantitative estimate of drug-likeness (QED) is 0.214. The normalized spacial score (nSPS) is 10.9. The molecular formula is C19H13N5O3S. The number of nitro groups is 1. The van der Waals surface area contributed by atoms with E-state index in [0.29, 0.717) is 16.4 Å². The molecule has 4 aromatic rings. The molecule has 0 radical (unpaired) electrons. The topological polar surface area (TPSA) is 103 Å². The summed E-state index contributed by atoms with van der Waals surface area (Å²) in [5, 5.41) is 24.0. The monoisotopic (exact) mass is 391 g/mol. The molecule has 0 aliphatic rings. The Morgan fingerprint density at radius 3 is 2.46 bits per heavy atom. The smallest absolute Gasteiger partial charge is 0.269 e. The first-order valence-electron chi connectivity index (χ1n) is 8.30. The van der Waals surface area contributed by atoms with E-state index < -0.39 is 4.92 Å². The molecule has 0 unspecified atom stereocenters. The van der Waals surface area contributed by atoms with Gasteiger partial charge in [0.25, 0.3) is 5.69 Å². The van der Waals surface area contributed by atoms with Crippen LogP contribution in [0.5, 0.6) is 0 Å². The molecule has 2 heterocycles. The number of thioether (sulfide) groups is 1. The second kappa shape index (κ2) is 7.57. The fourth-order valence-electron chi connectivity index (χ4n) is 2.60. The van der Waals surface area contributed by atoms with Gasteiger partial charge in [-0.1, -0.05) is 42.1 Å². The van der Waals surface area contributed by atoms with Crippen molar-refractivity contribution in [2.45, 2.75) is 5.16 Å². The number of hydrogen-bond donors (Lipinski definition) is 0. The van der Waals surface area contributed by atoms with Gasteiger partial charge in [-0.05, 0) is 24.3 Å². The van der Waals surface area contributed by atoms with Crippen molar-refractivity contribution in [3.63, 3.8) is 0 Å². The van der Waals surface area contributed by atoms with Gasteiger partial charge < -0.3 is 0 Å². The van der Waals surface area contributed by atoms with Gasteiger partial charge in [-0.25, -0.2) is 0 Å². The number of nitrogens with zero attached hydrogens (tertiary/aromatic N) is 5. The van der Waals surface area contributed by atoms with E-state index in [1.165, 1.54) is 36.0 Å². The largest absolute Gasteiger partial charge is 0.293 e. The maximum absolute atomic E-state index is 12.4. The van der Waals surface area contributed by atoms with Crippen LogP contribution in [0.3, 0.4) is 0 Å². The van der Waals surface area contributed by atoms with Crippen LogP contribution in [0.1, 0.15) is 10.4 Å². The lowest BCUT2D eigenvalue weighted by Crippen LogP contribution is -2.04. The lowest BCUT2D eigenvalue weighted by Gasteiger charge is -2.03. The van der Waals surface area contributed by atoms with Crippen LogP contribution >= 0.6 is 11.8 Å². The highest BCUT2D eigenvalue weighted by molar-refractivity contribution is 7.99. The first-order chi connectivity index (χ1) is 13.6. The number of rotatable bonds is 6. The van der Waals surface area contributed by atoms with E-state index >= 15 is 0 Å². The molecule has 0 N–H and O–H groups in total. The Balaban J connectivity index is 1.53. The Hall–Kier alpha value is -3.59. The number of Topliss-reactive ketones (excluding diaryl/α,β-unsaturated/α-hetero) is 1. The van der Waals surface area contributed by atoms with E-state index in [1.54, 1.807) is 4.52 Å². The Morgan fingerprint density at radius 1 is 1.00 bits per heavy atom. The van der Waals surface area contributed by atoms with Crippen molar-refractivity contribution in [3.8, 4) is 11.3 Å². The molecule has 2 aromatic heterocycles. The Morgan fingerprint density at radius 2 is 1.75 bits per heavy atom. The van der Waals surface area contributed by atoms with Gasteiger partial charge in [-0.3, -0.25) is 14.9 Å². The van der Waals surface area contributed by atoms with Crippen molar-refractivity contribution < 1.29 is 9.72 Å². The summed E-state index contributed by atoms with van der Waals surface area (Å²) in [5.74, 6) is -0.0357. The Kier molecular flexibility index (Phi) is 4.81. The number of fused-ring (bicyclic) bond motifs is 1. The van der Waals surface area contributed by atoms with Crippen molar-refractivity contribution >= 4 is 28.9 Å². The van der Waals surface area contributed by atoms with Crippen LogP contribution in [-0.2, 0) is 0 Å². The third kappa shape index (κ3) is 3.60. The standard InChI is InChI=1S/C19H13N5O3S/c25-17(14-6-8-15(9-7-14)24(26)27)12-28-19-21-20-18-11-10-16(22-23(18)19)13-4-2-1-3-5-13/h1-11H,12H2. The minimum absolute atomic E-state index is 0.0507. The molecule has 28 heavy (non-hydrogen) atoms. The summed E-state index contributed by atoms with van der Waals surface area (Å²) < 4.78 is 1.61. The molecule has 0 saturated carbocycles. The van der Waals surface area contributed by atoms with Crippen LogP contribution in [-0.4, -0.2) is 36.3 Å². The second-order valence-electron chi connectivity index (χ2n) is 5.85. The zero-order valence-corrected chi connectivity index (χ0v) is 15.2. The maximum Gasteiger partial charge on any atom is 0.269 e. The zero-order chi connectivity index (χ0) is 19.5. The van der Waals surface area contributed by atoms with Crippen LogP contribution in [0.25, 0.3) is 16.9 Å². The zero-order valence-electron chi connectivity index (χ0n) is 14.4. The van der Waals surface area contributed by atoms with Gasteiger partial charge in [0.1, 0.15) is 0 Å². The van der Waals surface area contributed by atoms with E-state index in [0.717, 1.165) is 11.3 Å². The number of carbonyl (C=O) groups is 1. The maximum atomic E-state index is 12.4. The number of benzene rings is 2. The van der Waals surface area contributed by atoms with E-state index in [1.807, 2.05) is 42.5 Å². The summed E-state index contributed by atoms with van der Waals surface area (Å²) in [5.41, 5.74) is 2.69. The third-order valence-electron chi connectivity index (χ3n) is 4.04. The highest BCUT2D eigenvalue weighted by Gasteiger charge is 2.14. The minimum atomic E-state index is -0.499. The Bertz CT molecular complexity index is 1160. The van der Waals surface area contributed by atoms with Gasteiger partial charge in [0.15, 0.2) is 11.4 Å². The summed E-state index contributed by atoms with van der Waals surface area (Å²) in [6, 6.07) is 19.0. The van der Waals surface area contributed by atoms with E-state index in [9.17, 15) is 14.9 Å². The van der Waals surface area contributed by atoms with Crippen molar-refractivity contribution in [1.82, 2.24) is 19.8 Å². The van der Waals surface area contributed by atoms with Gasteiger partial charge in [0.2, 0.25) is 5.16 Å². The van der Waals surface area contributed by atoms with E-state index in [2.05, 4.69) is 15.3 Å². The summed E-state index contributed by atoms with van der Waals surface area (Å²) in [6.07, 6.45) is 0. The van der Waals surface area contributed by atoms with Crippen molar-refractivity contribution in [3.05, 3.63) is 82.4 Å². The average Bonchev–Trinajstić information content (AvgIpc) is 3.15. The fourth-order valence-corrected chi connectivity index (χ4v) is 3.39. The molecule has 0 saturated heterocycles. The second-order valence-corrected chi connectivity index (χ2v) is 6.80. The molecule has 0 fully saturated rings. The van der Waals surface area contributed by atoms with Gasteiger partial charge >= 0.3 is 0 Å². The van der Waals surface area contributed by atoms with Crippen molar-refractivity contribution in [1.29, 1.82) is 0 Å². The molecular weight excluding hydrogens is 378 g/mol. The van der Waals surface area contributed by atoms with E-state index in [-0.39, 0.29) is 17.2 Å². The van der Waals surface area contributed by atoms with Gasteiger partial charge in [0.05, 0.1) is 16.4 Å². The number of aromatic nitrogens is 4. The lowest BCUT2D eigenvalue weighted by atomic mass is 10.1. The average molecular weight is 391 g/mol. The van der Waals surface area contributed by atoms with Crippen LogP contribution in [0.4, 0.5) is 5.69 Å². The molecule has 0 aliphatic carbocycles. The molecule has 0 aliphatic heterocycles. The van der Waals surface area contributed by atoms with Gasteiger partial charge in [0, 0.05) is 23.3 Å². The molecule has 9 heteroatoms. The van der Waals surface area contributed by atoms with Crippen LogP contribution in [0, 0.1) is 10.1 Å². The molecule has 4 rings (SSSR count). The van der Waals surface area contributed by atoms with Crippen molar-refractivity contribution in [2.24, 2.45) is 0 Å². The highest BCUT2D eigenvalue weighted by Crippen LogP contribution is 2.21. The molecule has 0 amide bonds. The predicted octanol–water partition coefficient (Wildman–Crippen LogP) is 3.67. The first-order valence-corrected chi connectivity index (χ1v) is 9.29. The van der Waals surface area contributed by atoms with Crippen molar-refractivity contribution in [2.75, 3.05) is 5.75 Å². The molecule has 0 spiro atoms. The summed E-state index contributed by atoms with van der Waals surface area (Å²) >= 11 is 1.22. The lowest BCUT2D eigenvalue weighted by molar-refractivity contribution is -0.384. The number of hydrogen-bond acceptors (Lipinski definition) is 7. The van der Waals surface area contributed by atoms with Gasteiger partial charge in [-0.15, -0.1) is 10.2 Å². The minimum Gasteiger partial charge on any atom is -0.293 e. The number of nitro benzene ring substituents is 1. The fraction of sp³-hybridized carbons (Fsp3) is 0.0526. The Labute approximate surface area is 163 Å². The molecule has 138 valence electrons. The number of ketones is 1. The molecule has 0 atom stereocenters. The highest BCUT2D eigenvalue weighted by atomic mass is 32.2. The van der Waals surface area contributed by atoms with Crippen LogP contribution < -0.4 is 0 Å². The van der Waals surface area contributed by atoms with Gasteiger partial charge in [-0.2, -0.15) is 9.61 Å². The molecule has 8 nitrogen and oxygen atoms in total. The molecule has 2 aromatic carbocycles. The van der Waals surface area contributed by atoms with Crippen LogP contribution in [0.2, 0.25) is 0 Å². The van der Waals surface area contributed by atoms with Crippen LogP contribution in [0.15, 0.2) is 71.9 Å². The summed E-state index contributed by atoms with van der Waals surface area (Å²) in [4.78, 5) is 22.6. The summed E-state index contributed by atoms with van der Waals surface area (Å²) in [6.45, 7) is 0. The first kappa shape index (κ1) is 17.8. The van der Waals surface area contributed by atoms with E-state index in [4.69, 9.17) is 0 Å². The third-order valence-corrected chi connectivity index (χ3v) is 4.96. The SMILES string of the molecule is O=C(CSc1nnc2ccc(-c3ccccc3)nn12)c1ccc([N+](=O)[O-])cc1.